The maximum Gasteiger partial charge on any atom is 0.410 e. The number of hydrogen-bond acceptors (Lipinski definition) is 4. The minimum absolute atomic E-state index is 0.0750. The Morgan fingerprint density at radius 3 is 2.74 bits per heavy atom. The molecule has 0 aliphatic carbocycles. The van der Waals surface area contributed by atoms with Crippen molar-refractivity contribution in [3.05, 3.63) is 11.4 Å². The lowest BCUT2D eigenvalue weighted by atomic mass is 10.2. The molecule has 110 valence electrons. The van der Waals surface area contributed by atoms with Crippen molar-refractivity contribution in [2.75, 3.05) is 26.3 Å². The third-order valence-corrected chi connectivity index (χ3v) is 2.58. The van der Waals surface area contributed by atoms with Crippen LogP contribution in [-0.4, -0.2) is 54.1 Å². The Hall–Kier alpha value is -1.14. The van der Waals surface area contributed by atoms with Crippen LogP contribution in [0.5, 0.6) is 0 Å². The zero-order valence-electron chi connectivity index (χ0n) is 11.9. The zero-order valence-corrected chi connectivity index (χ0v) is 11.9. The van der Waals surface area contributed by atoms with Gasteiger partial charge in [0.25, 0.3) is 0 Å². The lowest BCUT2D eigenvalue weighted by Gasteiger charge is -2.27. The standard InChI is InChI=1S/C13H22FNO4/c1-9-5-15(12(17)19-13(2,3)4)6-10(8-18-9)11(14)7-16/h9,16H,5-8H2,1-4H3/t9-/m1/s1. The van der Waals surface area contributed by atoms with Crippen molar-refractivity contribution in [3.63, 3.8) is 0 Å². The molecule has 0 aromatic rings. The second-order valence-electron chi connectivity index (χ2n) is 5.65. The van der Waals surface area contributed by atoms with Crippen LogP contribution in [0.15, 0.2) is 11.4 Å². The summed E-state index contributed by atoms with van der Waals surface area (Å²) in [6.45, 7) is 6.91. The molecular weight excluding hydrogens is 253 g/mol. The van der Waals surface area contributed by atoms with Gasteiger partial charge >= 0.3 is 6.09 Å². The Balaban J connectivity index is 2.83. The molecule has 1 amide bonds. The summed E-state index contributed by atoms with van der Waals surface area (Å²) in [6.07, 6.45) is -0.718. The predicted octanol–water partition coefficient (Wildman–Crippen LogP) is 1.86. The molecule has 1 aliphatic rings. The molecule has 0 aromatic heterocycles. The van der Waals surface area contributed by atoms with E-state index in [1.807, 2.05) is 0 Å². The summed E-state index contributed by atoms with van der Waals surface area (Å²) < 4.78 is 24.1. The van der Waals surface area contributed by atoms with Crippen LogP contribution in [0.4, 0.5) is 9.18 Å². The van der Waals surface area contributed by atoms with Crippen molar-refractivity contribution in [1.29, 1.82) is 0 Å². The summed E-state index contributed by atoms with van der Waals surface area (Å²) in [5, 5.41) is 8.83. The summed E-state index contributed by atoms with van der Waals surface area (Å²) in [5.74, 6) is -0.650. The molecule has 0 bridgehead atoms. The Morgan fingerprint density at radius 1 is 1.58 bits per heavy atom. The topological polar surface area (TPSA) is 59.0 Å². The van der Waals surface area contributed by atoms with Crippen LogP contribution < -0.4 is 0 Å². The van der Waals surface area contributed by atoms with Crippen molar-refractivity contribution in [2.45, 2.75) is 39.4 Å². The predicted molar refractivity (Wildman–Crippen MR) is 68.4 cm³/mol. The van der Waals surface area contributed by atoms with E-state index in [-0.39, 0.29) is 24.8 Å². The molecule has 1 saturated heterocycles. The lowest BCUT2D eigenvalue weighted by molar-refractivity contribution is 0.0172. The Kier molecular flexibility index (Phi) is 5.31. The van der Waals surface area contributed by atoms with Crippen LogP contribution in [0.25, 0.3) is 0 Å². The minimum atomic E-state index is -0.685. The molecule has 0 spiro atoms. The first-order valence-corrected chi connectivity index (χ1v) is 6.29. The van der Waals surface area contributed by atoms with Crippen LogP contribution in [0.3, 0.4) is 0 Å². The van der Waals surface area contributed by atoms with Gasteiger partial charge in [0, 0.05) is 5.57 Å². The van der Waals surface area contributed by atoms with Gasteiger partial charge in [0.1, 0.15) is 11.4 Å². The van der Waals surface area contributed by atoms with Crippen LogP contribution in [0, 0.1) is 0 Å². The fraction of sp³-hybridized carbons (Fsp3) is 0.769. The molecule has 19 heavy (non-hydrogen) atoms. The van der Waals surface area contributed by atoms with Gasteiger partial charge in [-0.15, -0.1) is 0 Å². The lowest BCUT2D eigenvalue weighted by Crippen LogP contribution is -2.40. The molecule has 0 saturated carbocycles. The molecule has 6 heteroatoms. The van der Waals surface area contributed by atoms with E-state index in [0.29, 0.717) is 6.54 Å². The van der Waals surface area contributed by atoms with Gasteiger partial charge in [0.15, 0.2) is 0 Å². The zero-order chi connectivity index (χ0) is 14.6. The van der Waals surface area contributed by atoms with Crippen LogP contribution in [0.2, 0.25) is 0 Å². The summed E-state index contributed by atoms with van der Waals surface area (Å²) in [7, 11) is 0. The second kappa shape index (κ2) is 6.34. The summed E-state index contributed by atoms with van der Waals surface area (Å²) >= 11 is 0. The maximum atomic E-state index is 13.5. The van der Waals surface area contributed by atoms with Gasteiger partial charge in [-0.1, -0.05) is 0 Å². The first-order chi connectivity index (χ1) is 8.73. The van der Waals surface area contributed by atoms with Gasteiger partial charge in [0.2, 0.25) is 0 Å². The first kappa shape index (κ1) is 15.9. The average Bonchev–Trinajstić information content (AvgIpc) is 2.48. The number of amides is 1. The molecule has 1 heterocycles. The van der Waals surface area contributed by atoms with Gasteiger partial charge in [-0.3, -0.25) is 0 Å². The van der Waals surface area contributed by atoms with E-state index in [4.69, 9.17) is 14.6 Å². The van der Waals surface area contributed by atoms with Gasteiger partial charge in [-0.05, 0) is 27.7 Å². The van der Waals surface area contributed by atoms with E-state index in [1.54, 1.807) is 27.7 Å². The highest BCUT2D eigenvalue weighted by Gasteiger charge is 2.27. The van der Waals surface area contributed by atoms with Gasteiger partial charge in [-0.25, -0.2) is 9.18 Å². The minimum Gasteiger partial charge on any atom is -0.444 e. The molecule has 1 aliphatic heterocycles. The molecular formula is C13H22FNO4. The van der Waals surface area contributed by atoms with E-state index in [2.05, 4.69) is 0 Å². The highest BCUT2D eigenvalue weighted by molar-refractivity contribution is 5.68. The number of hydrogen-bond donors (Lipinski definition) is 1. The molecule has 0 aromatic carbocycles. The largest absolute Gasteiger partial charge is 0.444 e. The van der Waals surface area contributed by atoms with Crippen LogP contribution >= 0.6 is 0 Å². The molecule has 0 unspecified atom stereocenters. The van der Waals surface area contributed by atoms with Crippen LogP contribution in [0.1, 0.15) is 27.7 Å². The van der Waals surface area contributed by atoms with Crippen molar-refractivity contribution in [1.82, 2.24) is 4.90 Å². The highest BCUT2D eigenvalue weighted by atomic mass is 19.1. The van der Waals surface area contributed by atoms with Gasteiger partial charge in [0.05, 0.1) is 32.4 Å². The van der Waals surface area contributed by atoms with E-state index in [9.17, 15) is 9.18 Å². The number of aliphatic hydroxyl groups is 1. The summed E-state index contributed by atoms with van der Waals surface area (Å²) in [5.41, 5.74) is -0.329. The van der Waals surface area contributed by atoms with Crippen molar-refractivity contribution >= 4 is 6.09 Å². The molecule has 1 N–H and O–H groups in total. The monoisotopic (exact) mass is 275 g/mol. The number of halogens is 1. The van der Waals surface area contributed by atoms with Crippen molar-refractivity contribution in [2.24, 2.45) is 0 Å². The SMILES string of the molecule is C[C@@H]1CN(C(=O)OC(C)(C)C)CC(=C(F)CO)CO1. The number of carbonyl (C=O) groups excluding carboxylic acids is 1. The Labute approximate surface area is 113 Å². The average molecular weight is 275 g/mol. The fourth-order valence-corrected chi connectivity index (χ4v) is 1.69. The second-order valence-corrected chi connectivity index (χ2v) is 5.65. The number of aliphatic hydroxyl groups excluding tert-OH is 1. The van der Waals surface area contributed by atoms with Crippen molar-refractivity contribution in [3.8, 4) is 0 Å². The highest BCUT2D eigenvalue weighted by Crippen LogP contribution is 2.17. The van der Waals surface area contributed by atoms with E-state index in [0.717, 1.165) is 0 Å². The Bertz CT molecular complexity index is 362. The van der Waals surface area contributed by atoms with Crippen molar-refractivity contribution < 1.29 is 23.8 Å². The van der Waals surface area contributed by atoms with E-state index < -0.39 is 24.1 Å². The summed E-state index contributed by atoms with van der Waals surface area (Å²) in [6, 6.07) is 0. The number of carbonyl (C=O) groups is 1. The quantitative estimate of drug-likeness (QED) is 0.793. The molecule has 0 radical (unpaired) electrons. The third-order valence-electron chi connectivity index (χ3n) is 2.58. The molecule has 1 atom stereocenters. The van der Waals surface area contributed by atoms with Gasteiger partial charge < -0.3 is 19.5 Å². The normalized spacial score (nSPS) is 23.9. The maximum absolute atomic E-state index is 13.5. The fourth-order valence-electron chi connectivity index (χ4n) is 1.69. The summed E-state index contributed by atoms with van der Waals surface area (Å²) in [4.78, 5) is 13.4. The van der Waals surface area contributed by atoms with Crippen LogP contribution in [-0.2, 0) is 9.47 Å². The molecule has 5 nitrogen and oxygen atoms in total. The number of rotatable bonds is 1. The molecule has 1 rings (SSSR count). The van der Waals surface area contributed by atoms with E-state index in [1.165, 1.54) is 4.90 Å². The first-order valence-electron chi connectivity index (χ1n) is 6.29. The van der Waals surface area contributed by atoms with E-state index >= 15 is 0 Å². The number of ether oxygens (including phenoxy) is 2. The Morgan fingerprint density at radius 2 is 2.21 bits per heavy atom. The molecule has 1 fully saturated rings. The number of nitrogens with zero attached hydrogens (tertiary/aromatic N) is 1. The smallest absolute Gasteiger partial charge is 0.410 e. The van der Waals surface area contributed by atoms with Gasteiger partial charge in [-0.2, -0.15) is 0 Å². The third kappa shape index (κ3) is 5.16.